The molecule has 0 aliphatic heterocycles. The summed E-state index contributed by atoms with van der Waals surface area (Å²) in [5.41, 5.74) is 2.95. The van der Waals surface area contributed by atoms with Gasteiger partial charge in [0.2, 0.25) is 0 Å². The van der Waals surface area contributed by atoms with E-state index >= 15 is 0 Å². The molecular formula is C14H9NO3S. The second-order valence-electron chi connectivity index (χ2n) is 3.93. The highest BCUT2D eigenvalue weighted by Crippen LogP contribution is 2.29. The van der Waals surface area contributed by atoms with Crippen molar-refractivity contribution in [2.45, 2.75) is 0 Å². The van der Waals surface area contributed by atoms with Crippen LogP contribution in [0.15, 0.2) is 52.7 Å². The predicted molar refractivity (Wildman–Crippen MR) is 72.2 cm³/mol. The summed E-state index contributed by atoms with van der Waals surface area (Å²) in [6.45, 7) is 0. The lowest BCUT2D eigenvalue weighted by Crippen LogP contribution is -1.94. The van der Waals surface area contributed by atoms with Gasteiger partial charge in [-0.3, -0.25) is 0 Å². The molecule has 0 saturated carbocycles. The third kappa shape index (κ3) is 2.28. The smallest absolute Gasteiger partial charge is 0.335 e. The van der Waals surface area contributed by atoms with E-state index in [0.29, 0.717) is 0 Å². The van der Waals surface area contributed by atoms with Crippen LogP contribution in [0.2, 0.25) is 0 Å². The van der Waals surface area contributed by atoms with Gasteiger partial charge >= 0.3 is 5.97 Å². The van der Waals surface area contributed by atoms with Crippen molar-refractivity contribution >= 4 is 17.3 Å². The highest BCUT2D eigenvalue weighted by atomic mass is 32.1. The average molecular weight is 271 g/mol. The molecule has 0 atom stereocenters. The van der Waals surface area contributed by atoms with Gasteiger partial charge in [0.15, 0.2) is 0 Å². The minimum absolute atomic E-state index is 0.272. The summed E-state index contributed by atoms with van der Waals surface area (Å²) in [5, 5.41) is 11.7. The van der Waals surface area contributed by atoms with E-state index in [9.17, 15) is 4.79 Å². The number of carboxylic acid groups (broad SMARTS) is 1. The average Bonchev–Trinajstić information content (AvgIpc) is 3.10. The fourth-order valence-electron chi connectivity index (χ4n) is 1.71. The number of aromatic carboxylic acids is 1. The van der Waals surface area contributed by atoms with Gasteiger partial charge in [-0.1, -0.05) is 12.1 Å². The maximum Gasteiger partial charge on any atom is 0.335 e. The van der Waals surface area contributed by atoms with Crippen LogP contribution in [0, 0.1) is 0 Å². The molecular weight excluding hydrogens is 262 g/mol. The minimum Gasteiger partial charge on any atom is -0.478 e. The van der Waals surface area contributed by atoms with Gasteiger partial charge in [0.05, 0.1) is 17.5 Å². The molecule has 19 heavy (non-hydrogen) atoms. The Balaban J connectivity index is 1.92. The van der Waals surface area contributed by atoms with Crippen LogP contribution in [0.3, 0.4) is 0 Å². The Morgan fingerprint density at radius 3 is 2.58 bits per heavy atom. The van der Waals surface area contributed by atoms with Crippen LogP contribution in [0.5, 0.6) is 0 Å². The fourth-order valence-corrected chi connectivity index (χ4v) is 2.52. The van der Waals surface area contributed by atoms with E-state index in [1.807, 2.05) is 11.4 Å². The predicted octanol–water partition coefficient (Wildman–Crippen LogP) is 3.77. The van der Waals surface area contributed by atoms with Crippen molar-refractivity contribution in [3.63, 3.8) is 0 Å². The van der Waals surface area contributed by atoms with Gasteiger partial charge in [-0.25, -0.2) is 9.78 Å². The molecule has 4 nitrogen and oxygen atoms in total. The van der Waals surface area contributed by atoms with Gasteiger partial charge in [-0.05, 0) is 18.2 Å². The highest BCUT2D eigenvalue weighted by molar-refractivity contribution is 7.13. The van der Waals surface area contributed by atoms with Crippen LogP contribution in [0.4, 0.5) is 0 Å². The molecule has 3 rings (SSSR count). The summed E-state index contributed by atoms with van der Waals surface area (Å²) in [6, 6.07) is 8.54. The molecule has 0 aliphatic carbocycles. The number of hydrogen-bond donors (Lipinski definition) is 1. The SMILES string of the molecule is O=C(O)c1ccc(-c2csc(-c3ccoc3)n2)cc1. The summed E-state index contributed by atoms with van der Waals surface area (Å²) in [7, 11) is 0. The maximum absolute atomic E-state index is 10.8. The van der Waals surface area contributed by atoms with Gasteiger partial charge in [0.25, 0.3) is 0 Å². The van der Waals surface area contributed by atoms with Crippen LogP contribution in [-0.2, 0) is 0 Å². The third-order valence-corrected chi connectivity index (χ3v) is 3.59. The molecule has 3 aromatic rings. The molecule has 5 heteroatoms. The first-order valence-corrected chi connectivity index (χ1v) is 6.44. The maximum atomic E-state index is 10.8. The lowest BCUT2D eigenvalue weighted by Gasteiger charge is -1.97. The zero-order chi connectivity index (χ0) is 13.2. The number of thiazole rings is 1. The van der Waals surface area contributed by atoms with Crippen molar-refractivity contribution in [2.24, 2.45) is 0 Å². The van der Waals surface area contributed by atoms with E-state index in [1.54, 1.807) is 36.8 Å². The third-order valence-electron chi connectivity index (χ3n) is 2.70. The Morgan fingerprint density at radius 1 is 1.16 bits per heavy atom. The minimum atomic E-state index is -0.927. The van der Waals surface area contributed by atoms with Crippen molar-refractivity contribution in [1.82, 2.24) is 4.98 Å². The second kappa shape index (κ2) is 4.70. The summed E-state index contributed by atoms with van der Waals surface area (Å²) in [5.74, 6) is -0.927. The fraction of sp³-hybridized carbons (Fsp3) is 0. The molecule has 0 spiro atoms. The molecule has 1 aromatic carbocycles. The highest BCUT2D eigenvalue weighted by Gasteiger charge is 2.08. The van der Waals surface area contributed by atoms with Crippen LogP contribution in [0.1, 0.15) is 10.4 Å². The van der Waals surface area contributed by atoms with Gasteiger partial charge in [0.1, 0.15) is 11.3 Å². The van der Waals surface area contributed by atoms with Crippen molar-refractivity contribution in [1.29, 1.82) is 0 Å². The van der Waals surface area contributed by atoms with Crippen molar-refractivity contribution in [2.75, 3.05) is 0 Å². The molecule has 0 bridgehead atoms. The molecule has 94 valence electrons. The Kier molecular flexibility index (Phi) is 2.89. The quantitative estimate of drug-likeness (QED) is 0.787. The molecule has 2 heterocycles. The lowest BCUT2D eigenvalue weighted by atomic mass is 10.1. The molecule has 0 unspecified atom stereocenters. The van der Waals surface area contributed by atoms with Crippen LogP contribution in [-0.4, -0.2) is 16.1 Å². The summed E-state index contributed by atoms with van der Waals surface area (Å²) < 4.78 is 5.03. The molecule has 0 fully saturated rings. The summed E-state index contributed by atoms with van der Waals surface area (Å²) >= 11 is 1.53. The summed E-state index contributed by atoms with van der Waals surface area (Å²) in [6.07, 6.45) is 3.26. The number of aromatic nitrogens is 1. The number of furan rings is 1. The Morgan fingerprint density at radius 2 is 1.95 bits per heavy atom. The number of benzene rings is 1. The molecule has 0 saturated heterocycles. The Hall–Kier alpha value is -2.40. The second-order valence-corrected chi connectivity index (χ2v) is 4.79. The number of carbonyl (C=O) groups is 1. The van der Waals surface area contributed by atoms with Crippen molar-refractivity contribution in [3.05, 3.63) is 53.8 Å². The van der Waals surface area contributed by atoms with E-state index in [-0.39, 0.29) is 5.56 Å². The van der Waals surface area contributed by atoms with E-state index in [4.69, 9.17) is 9.52 Å². The standard InChI is InChI=1S/C14H9NO3S/c16-14(17)10-3-1-9(2-4-10)12-8-19-13(15-12)11-5-6-18-7-11/h1-8H,(H,16,17). The van der Waals surface area contributed by atoms with E-state index in [2.05, 4.69) is 4.98 Å². The first-order valence-electron chi connectivity index (χ1n) is 5.56. The molecule has 2 aromatic heterocycles. The Bertz CT molecular complexity index is 699. The van der Waals surface area contributed by atoms with Gasteiger partial charge in [-0.15, -0.1) is 11.3 Å². The molecule has 0 radical (unpaired) electrons. The molecule has 1 N–H and O–H groups in total. The van der Waals surface area contributed by atoms with E-state index < -0.39 is 5.97 Å². The first kappa shape index (κ1) is 11.7. The topological polar surface area (TPSA) is 63.3 Å². The lowest BCUT2D eigenvalue weighted by molar-refractivity contribution is 0.0697. The zero-order valence-electron chi connectivity index (χ0n) is 9.74. The zero-order valence-corrected chi connectivity index (χ0v) is 10.6. The van der Waals surface area contributed by atoms with Crippen LogP contribution in [0.25, 0.3) is 21.8 Å². The normalized spacial score (nSPS) is 10.5. The van der Waals surface area contributed by atoms with Crippen LogP contribution >= 0.6 is 11.3 Å². The molecule has 0 amide bonds. The van der Waals surface area contributed by atoms with Crippen molar-refractivity contribution < 1.29 is 14.3 Å². The molecule has 0 aliphatic rings. The monoisotopic (exact) mass is 271 g/mol. The summed E-state index contributed by atoms with van der Waals surface area (Å²) in [4.78, 5) is 15.3. The van der Waals surface area contributed by atoms with Gasteiger partial charge in [-0.2, -0.15) is 0 Å². The van der Waals surface area contributed by atoms with Gasteiger partial charge < -0.3 is 9.52 Å². The first-order chi connectivity index (χ1) is 9.24. The largest absolute Gasteiger partial charge is 0.478 e. The van der Waals surface area contributed by atoms with E-state index in [0.717, 1.165) is 21.8 Å². The van der Waals surface area contributed by atoms with Gasteiger partial charge in [0, 0.05) is 16.5 Å². The van der Waals surface area contributed by atoms with E-state index in [1.165, 1.54) is 11.3 Å². The number of hydrogen-bond acceptors (Lipinski definition) is 4. The number of carboxylic acids is 1. The Labute approximate surface area is 113 Å². The number of nitrogens with zero attached hydrogens (tertiary/aromatic N) is 1. The van der Waals surface area contributed by atoms with Crippen LogP contribution < -0.4 is 0 Å². The number of rotatable bonds is 3. The van der Waals surface area contributed by atoms with Crippen molar-refractivity contribution in [3.8, 4) is 21.8 Å².